The number of hydrogen-bond donors (Lipinski definition) is 1. The molecule has 0 saturated heterocycles. The van der Waals surface area contributed by atoms with Gasteiger partial charge in [-0.3, -0.25) is 0 Å². The van der Waals surface area contributed by atoms with Crippen LogP contribution >= 0.6 is 0 Å². The third-order valence-corrected chi connectivity index (χ3v) is 3.35. The number of ether oxygens (including phenoxy) is 1. The van der Waals surface area contributed by atoms with Crippen molar-refractivity contribution in [3.8, 4) is 0 Å². The van der Waals surface area contributed by atoms with Gasteiger partial charge in [0.1, 0.15) is 5.60 Å². The number of nitrogens with zero attached hydrogens (tertiary/aromatic N) is 1. The van der Waals surface area contributed by atoms with E-state index >= 15 is 0 Å². The van der Waals surface area contributed by atoms with Crippen molar-refractivity contribution >= 4 is 17.0 Å². The minimum atomic E-state index is -0.458. The Balaban J connectivity index is 2.02. The van der Waals surface area contributed by atoms with Gasteiger partial charge in [-0.2, -0.15) is 0 Å². The summed E-state index contributed by atoms with van der Waals surface area (Å²) < 4.78 is 7.38. The molecule has 1 amide bonds. The fourth-order valence-electron chi connectivity index (χ4n) is 2.57. The van der Waals surface area contributed by atoms with Gasteiger partial charge in [-0.25, -0.2) is 4.79 Å². The first-order chi connectivity index (χ1) is 9.78. The first-order valence-electron chi connectivity index (χ1n) is 7.28. The lowest BCUT2D eigenvalue weighted by Crippen LogP contribution is -2.33. The number of aromatic nitrogens is 1. The first kappa shape index (κ1) is 15.4. The summed E-state index contributed by atoms with van der Waals surface area (Å²) in [5, 5.41) is 4.06. The highest BCUT2D eigenvalue weighted by atomic mass is 16.6. The molecule has 1 aromatic heterocycles. The number of carbonyl (C=O) groups is 1. The molecule has 1 aromatic carbocycles. The van der Waals surface area contributed by atoms with Gasteiger partial charge in [0.2, 0.25) is 0 Å². The molecule has 2 rings (SSSR count). The summed E-state index contributed by atoms with van der Waals surface area (Å²) in [4.78, 5) is 11.6. The molecule has 2 aromatic rings. The molecule has 1 N–H and O–H groups in total. The molecule has 21 heavy (non-hydrogen) atoms. The molecule has 0 radical (unpaired) electrons. The largest absolute Gasteiger partial charge is 0.444 e. The Morgan fingerprint density at radius 1 is 1.33 bits per heavy atom. The topological polar surface area (TPSA) is 43.3 Å². The van der Waals surface area contributed by atoms with E-state index in [2.05, 4.69) is 48.3 Å². The van der Waals surface area contributed by atoms with Crippen LogP contribution in [0.15, 0.2) is 24.4 Å². The van der Waals surface area contributed by atoms with E-state index in [0.717, 1.165) is 6.42 Å². The first-order valence-corrected chi connectivity index (χ1v) is 7.28. The number of amides is 1. The molecule has 0 unspecified atom stereocenters. The number of para-hydroxylation sites is 1. The zero-order chi connectivity index (χ0) is 15.6. The van der Waals surface area contributed by atoms with Crippen LogP contribution in [0, 0.1) is 6.92 Å². The standard InChI is InChI=1S/C17H24N2O2/c1-12-7-6-8-14-13(11-19(5)15(12)14)9-10-18-16(20)21-17(2,3)4/h6-8,11H,9-10H2,1-5H3,(H,18,20). The van der Waals surface area contributed by atoms with Crippen LogP contribution in [0.1, 0.15) is 31.9 Å². The van der Waals surface area contributed by atoms with Gasteiger partial charge < -0.3 is 14.6 Å². The third kappa shape index (κ3) is 3.78. The van der Waals surface area contributed by atoms with Crippen molar-refractivity contribution < 1.29 is 9.53 Å². The maximum atomic E-state index is 11.6. The monoisotopic (exact) mass is 288 g/mol. The lowest BCUT2D eigenvalue weighted by molar-refractivity contribution is 0.0528. The fraction of sp³-hybridized carbons (Fsp3) is 0.471. The molecule has 0 spiro atoms. The van der Waals surface area contributed by atoms with E-state index in [9.17, 15) is 4.79 Å². The minimum Gasteiger partial charge on any atom is -0.444 e. The third-order valence-electron chi connectivity index (χ3n) is 3.35. The van der Waals surface area contributed by atoms with E-state index in [1.165, 1.54) is 22.0 Å². The van der Waals surface area contributed by atoms with Crippen LogP contribution < -0.4 is 5.32 Å². The average Bonchev–Trinajstić information content (AvgIpc) is 2.65. The second-order valence-electron chi connectivity index (χ2n) is 6.41. The Morgan fingerprint density at radius 3 is 2.71 bits per heavy atom. The van der Waals surface area contributed by atoms with Gasteiger partial charge >= 0.3 is 6.09 Å². The minimum absolute atomic E-state index is 0.362. The van der Waals surface area contributed by atoms with Gasteiger partial charge in [-0.05, 0) is 45.2 Å². The van der Waals surface area contributed by atoms with Crippen LogP contribution in [0.2, 0.25) is 0 Å². The molecular formula is C17H24N2O2. The number of rotatable bonds is 3. The number of nitrogens with one attached hydrogen (secondary N) is 1. The molecule has 0 fully saturated rings. The Labute approximate surface area is 126 Å². The van der Waals surface area contributed by atoms with E-state index in [4.69, 9.17) is 4.74 Å². The van der Waals surface area contributed by atoms with Gasteiger partial charge in [0.25, 0.3) is 0 Å². The highest BCUT2D eigenvalue weighted by molar-refractivity contribution is 5.86. The second kappa shape index (κ2) is 5.80. The summed E-state index contributed by atoms with van der Waals surface area (Å²) in [5.74, 6) is 0. The van der Waals surface area contributed by atoms with Crippen LogP contribution in [0.3, 0.4) is 0 Å². The van der Waals surface area contributed by atoms with Gasteiger partial charge in [-0.15, -0.1) is 0 Å². The summed E-state index contributed by atoms with van der Waals surface area (Å²) in [6, 6.07) is 6.32. The van der Waals surface area contributed by atoms with Crippen LogP contribution in [0.25, 0.3) is 10.9 Å². The number of alkyl carbamates (subject to hydrolysis) is 1. The summed E-state index contributed by atoms with van der Waals surface area (Å²) in [7, 11) is 2.06. The number of fused-ring (bicyclic) bond motifs is 1. The number of carbonyl (C=O) groups excluding carboxylic acids is 1. The second-order valence-corrected chi connectivity index (χ2v) is 6.41. The van der Waals surface area contributed by atoms with Crippen LogP contribution in [-0.2, 0) is 18.2 Å². The van der Waals surface area contributed by atoms with Crippen molar-refractivity contribution in [3.05, 3.63) is 35.5 Å². The Morgan fingerprint density at radius 2 is 2.05 bits per heavy atom. The van der Waals surface area contributed by atoms with Crippen molar-refractivity contribution in [3.63, 3.8) is 0 Å². The molecule has 0 aliphatic heterocycles. The van der Waals surface area contributed by atoms with Gasteiger partial charge in [0.15, 0.2) is 0 Å². The summed E-state index contributed by atoms with van der Waals surface area (Å²) in [5.41, 5.74) is 3.30. The van der Waals surface area contributed by atoms with Crippen LogP contribution in [0.4, 0.5) is 4.79 Å². The lowest BCUT2D eigenvalue weighted by atomic mass is 10.1. The molecule has 0 atom stereocenters. The highest BCUT2D eigenvalue weighted by Crippen LogP contribution is 2.23. The SMILES string of the molecule is Cc1cccc2c(CCNC(=O)OC(C)(C)C)cn(C)c12. The van der Waals surface area contributed by atoms with E-state index < -0.39 is 5.60 Å². The number of benzene rings is 1. The van der Waals surface area contributed by atoms with E-state index in [1.54, 1.807) is 0 Å². The van der Waals surface area contributed by atoms with E-state index in [0.29, 0.717) is 6.54 Å². The molecule has 0 bridgehead atoms. The van der Waals surface area contributed by atoms with Gasteiger partial charge in [0, 0.05) is 25.2 Å². The van der Waals surface area contributed by atoms with Gasteiger partial charge in [-0.1, -0.05) is 18.2 Å². The molecular weight excluding hydrogens is 264 g/mol. The van der Waals surface area contributed by atoms with Crippen LogP contribution in [-0.4, -0.2) is 22.8 Å². The molecule has 0 saturated carbocycles. The maximum Gasteiger partial charge on any atom is 0.407 e. The number of aryl methyl sites for hydroxylation is 2. The average molecular weight is 288 g/mol. The van der Waals surface area contributed by atoms with Crippen molar-refractivity contribution in [1.29, 1.82) is 0 Å². The predicted octanol–water partition coefficient (Wildman–Crippen LogP) is 3.55. The van der Waals surface area contributed by atoms with E-state index in [-0.39, 0.29) is 6.09 Å². The molecule has 4 heteroatoms. The fourth-order valence-corrected chi connectivity index (χ4v) is 2.57. The smallest absolute Gasteiger partial charge is 0.407 e. The Hall–Kier alpha value is -1.97. The zero-order valence-corrected chi connectivity index (χ0v) is 13.5. The molecule has 0 aliphatic rings. The van der Waals surface area contributed by atoms with Crippen molar-refractivity contribution in [2.24, 2.45) is 7.05 Å². The van der Waals surface area contributed by atoms with Crippen LogP contribution in [0.5, 0.6) is 0 Å². The summed E-state index contributed by atoms with van der Waals surface area (Å²) >= 11 is 0. The highest BCUT2D eigenvalue weighted by Gasteiger charge is 2.16. The van der Waals surface area contributed by atoms with Crippen molar-refractivity contribution in [1.82, 2.24) is 9.88 Å². The van der Waals surface area contributed by atoms with E-state index in [1.807, 2.05) is 20.8 Å². The summed E-state index contributed by atoms with van der Waals surface area (Å²) in [6.45, 7) is 8.27. The Kier molecular flexibility index (Phi) is 4.26. The molecule has 1 heterocycles. The predicted molar refractivity (Wildman–Crippen MR) is 85.6 cm³/mol. The van der Waals surface area contributed by atoms with Crippen molar-refractivity contribution in [2.75, 3.05) is 6.54 Å². The lowest BCUT2D eigenvalue weighted by Gasteiger charge is -2.19. The quantitative estimate of drug-likeness (QED) is 0.938. The molecule has 0 aliphatic carbocycles. The van der Waals surface area contributed by atoms with Crippen molar-refractivity contribution in [2.45, 2.75) is 39.7 Å². The normalized spacial score (nSPS) is 11.7. The Bertz CT molecular complexity index is 651. The van der Waals surface area contributed by atoms with Gasteiger partial charge in [0.05, 0.1) is 5.52 Å². The maximum absolute atomic E-state index is 11.6. The summed E-state index contributed by atoms with van der Waals surface area (Å²) in [6.07, 6.45) is 2.56. The molecule has 114 valence electrons. The zero-order valence-electron chi connectivity index (χ0n) is 13.5. The molecule has 4 nitrogen and oxygen atoms in total. The number of hydrogen-bond acceptors (Lipinski definition) is 2.